The van der Waals surface area contributed by atoms with Crippen LogP contribution in [-0.2, 0) is 0 Å². The van der Waals surface area contributed by atoms with Crippen LogP contribution >= 0.6 is 23.2 Å². The van der Waals surface area contributed by atoms with Crippen molar-refractivity contribution in [1.29, 1.82) is 0 Å². The van der Waals surface area contributed by atoms with Gasteiger partial charge in [0.25, 0.3) is 0 Å². The van der Waals surface area contributed by atoms with E-state index in [2.05, 4.69) is 21.3 Å². The lowest BCUT2D eigenvalue weighted by Gasteiger charge is -2.11. The first-order valence-electron chi connectivity index (χ1n) is 7.70. The average molecular weight is 379 g/mol. The molecule has 8 heteroatoms. The molecule has 0 aliphatic heterocycles. The Bertz CT molecular complexity index is 809. The molecule has 0 saturated heterocycles. The fourth-order valence-electron chi connectivity index (χ4n) is 2.12. The normalized spacial score (nSPS) is 13.0. The number of nitrogens with one attached hydrogen (secondary N) is 4. The van der Waals surface area contributed by atoms with E-state index in [0.717, 1.165) is 12.8 Å². The van der Waals surface area contributed by atoms with Gasteiger partial charge in [0.1, 0.15) is 0 Å². The van der Waals surface area contributed by atoms with Crippen LogP contribution in [-0.4, -0.2) is 18.1 Å². The first-order chi connectivity index (χ1) is 12.0. The number of amides is 4. The van der Waals surface area contributed by atoms with Gasteiger partial charge < -0.3 is 21.3 Å². The van der Waals surface area contributed by atoms with Crippen LogP contribution in [0.25, 0.3) is 0 Å². The number of hydrogen-bond acceptors (Lipinski definition) is 2. The number of hydrogen-bond donors (Lipinski definition) is 4. The minimum absolute atomic E-state index is 0.250. The summed E-state index contributed by atoms with van der Waals surface area (Å²) >= 11 is 11.8. The van der Waals surface area contributed by atoms with Crippen molar-refractivity contribution in [1.82, 2.24) is 5.32 Å². The molecule has 130 valence electrons. The van der Waals surface area contributed by atoms with Crippen molar-refractivity contribution in [2.24, 2.45) is 0 Å². The SMILES string of the molecule is O=C(Nc1cccc(NC(=O)NC2CC2)c1)Nc1ccc(Cl)c(Cl)c1. The molecule has 0 heterocycles. The van der Waals surface area contributed by atoms with Gasteiger partial charge in [-0.05, 0) is 49.2 Å². The second-order valence-electron chi connectivity index (χ2n) is 5.66. The van der Waals surface area contributed by atoms with Crippen LogP contribution in [0.5, 0.6) is 0 Å². The van der Waals surface area contributed by atoms with Gasteiger partial charge in [0.15, 0.2) is 0 Å². The van der Waals surface area contributed by atoms with Crippen LogP contribution in [0.1, 0.15) is 12.8 Å². The van der Waals surface area contributed by atoms with E-state index in [1.165, 1.54) is 0 Å². The number of halogens is 2. The van der Waals surface area contributed by atoms with Crippen LogP contribution in [0.15, 0.2) is 42.5 Å². The van der Waals surface area contributed by atoms with Gasteiger partial charge in [0, 0.05) is 23.1 Å². The summed E-state index contributed by atoms with van der Waals surface area (Å²) in [5.74, 6) is 0. The Labute approximate surface area is 154 Å². The molecule has 3 rings (SSSR count). The average Bonchev–Trinajstić information content (AvgIpc) is 3.35. The first-order valence-corrected chi connectivity index (χ1v) is 8.46. The second-order valence-corrected chi connectivity index (χ2v) is 6.48. The van der Waals surface area contributed by atoms with Crippen molar-refractivity contribution in [3.63, 3.8) is 0 Å². The summed E-state index contributed by atoms with van der Waals surface area (Å²) in [5.41, 5.74) is 1.65. The fraction of sp³-hybridized carbons (Fsp3) is 0.176. The zero-order valence-corrected chi connectivity index (χ0v) is 14.6. The molecule has 2 aromatic carbocycles. The van der Waals surface area contributed by atoms with E-state index in [0.29, 0.717) is 27.1 Å². The summed E-state index contributed by atoms with van der Waals surface area (Å²) < 4.78 is 0. The van der Waals surface area contributed by atoms with Crippen LogP contribution < -0.4 is 21.3 Å². The highest BCUT2D eigenvalue weighted by Crippen LogP contribution is 2.25. The van der Waals surface area contributed by atoms with Gasteiger partial charge in [-0.2, -0.15) is 0 Å². The maximum absolute atomic E-state index is 12.1. The third-order valence-corrected chi connectivity index (χ3v) is 4.21. The zero-order chi connectivity index (χ0) is 17.8. The van der Waals surface area contributed by atoms with E-state index >= 15 is 0 Å². The Balaban J connectivity index is 1.57. The van der Waals surface area contributed by atoms with Crippen molar-refractivity contribution in [2.45, 2.75) is 18.9 Å². The summed E-state index contributed by atoms with van der Waals surface area (Å²) in [5, 5.41) is 11.7. The smallest absolute Gasteiger partial charge is 0.323 e. The van der Waals surface area contributed by atoms with Crippen molar-refractivity contribution in [3.05, 3.63) is 52.5 Å². The minimum Gasteiger partial charge on any atom is -0.335 e. The number of rotatable bonds is 4. The number of benzene rings is 2. The molecule has 0 spiro atoms. The Morgan fingerprint density at radius 1 is 0.800 bits per heavy atom. The van der Waals surface area contributed by atoms with Crippen molar-refractivity contribution in [2.75, 3.05) is 16.0 Å². The van der Waals surface area contributed by atoms with Gasteiger partial charge >= 0.3 is 12.1 Å². The van der Waals surface area contributed by atoms with Crippen molar-refractivity contribution < 1.29 is 9.59 Å². The van der Waals surface area contributed by atoms with Crippen molar-refractivity contribution in [3.8, 4) is 0 Å². The van der Waals surface area contributed by atoms with Gasteiger partial charge in [-0.25, -0.2) is 9.59 Å². The number of urea groups is 2. The van der Waals surface area contributed by atoms with Gasteiger partial charge in [0.05, 0.1) is 10.0 Å². The third-order valence-electron chi connectivity index (χ3n) is 3.47. The molecule has 0 radical (unpaired) electrons. The highest BCUT2D eigenvalue weighted by molar-refractivity contribution is 6.42. The van der Waals surface area contributed by atoms with Crippen LogP contribution in [0.4, 0.5) is 26.7 Å². The molecule has 2 aromatic rings. The lowest BCUT2D eigenvalue weighted by Crippen LogP contribution is -2.30. The minimum atomic E-state index is -0.432. The van der Waals surface area contributed by atoms with Crippen LogP contribution in [0.2, 0.25) is 10.0 Å². The van der Waals surface area contributed by atoms with Gasteiger partial charge in [0.2, 0.25) is 0 Å². The quantitative estimate of drug-likeness (QED) is 0.608. The molecule has 6 nitrogen and oxygen atoms in total. The summed E-state index contributed by atoms with van der Waals surface area (Å²) in [6.45, 7) is 0. The lowest BCUT2D eigenvalue weighted by atomic mass is 10.3. The summed E-state index contributed by atoms with van der Waals surface area (Å²) in [7, 11) is 0. The molecular formula is C17H16Cl2N4O2. The summed E-state index contributed by atoms with van der Waals surface area (Å²) in [6.07, 6.45) is 2.04. The molecule has 0 bridgehead atoms. The Kier molecular flexibility index (Phi) is 5.31. The highest BCUT2D eigenvalue weighted by atomic mass is 35.5. The van der Waals surface area contributed by atoms with Gasteiger partial charge in [-0.3, -0.25) is 0 Å². The van der Waals surface area contributed by atoms with Crippen LogP contribution in [0, 0.1) is 0 Å². The lowest BCUT2D eigenvalue weighted by molar-refractivity contribution is 0.251. The number of carbonyl (C=O) groups excluding carboxylic acids is 2. The highest BCUT2D eigenvalue weighted by Gasteiger charge is 2.23. The maximum Gasteiger partial charge on any atom is 0.323 e. The van der Waals surface area contributed by atoms with Gasteiger partial charge in [-0.15, -0.1) is 0 Å². The molecular weight excluding hydrogens is 363 g/mol. The standard InChI is InChI=1S/C17H16Cl2N4O2/c18-14-7-6-13(9-15(14)19)23-17(25)22-12-3-1-2-11(8-12)21-16(24)20-10-4-5-10/h1-3,6-10H,4-5H2,(H2,20,21,24)(H2,22,23,25). The predicted octanol–water partition coefficient (Wildman–Crippen LogP) is 4.92. The van der Waals surface area contributed by atoms with Gasteiger partial charge in [-0.1, -0.05) is 29.3 Å². The zero-order valence-electron chi connectivity index (χ0n) is 13.1. The topological polar surface area (TPSA) is 82.3 Å². The Hall–Kier alpha value is -2.44. The fourth-order valence-corrected chi connectivity index (χ4v) is 2.42. The Morgan fingerprint density at radius 2 is 1.40 bits per heavy atom. The molecule has 25 heavy (non-hydrogen) atoms. The van der Waals surface area contributed by atoms with E-state index < -0.39 is 6.03 Å². The van der Waals surface area contributed by atoms with Crippen molar-refractivity contribution >= 4 is 52.3 Å². The second kappa shape index (κ2) is 7.63. The predicted molar refractivity (Wildman–Crippen MR) is 101 cm³/mol. The van der Waals surface area contributed by atoms with E-state index in [9.17, 15) is 9.59 Å². The molecule has 0 aromatic heterocycles. The molecule has 1 aliphatic carbocycles. The molecule has 1 aliphatic rings. The van der Waals surface area contributed by atoms with E-state index in [1.54, 1.807) is 42.5 Å². The molecule has 4 amide bonds. The molecule has 0 atom stereocenters. The Morgan fingerprint density at radius 3 is 2.00 bits per heavy atom. The summed E-state index contributed by atoms with van der Waals surface area (Å²) in [4.78, 5) is 23.8. The first kappa shape index (κ1) is 17.4. The van der Waals surface area contributed by atoms with E-state index in [1.807, 2.05) is 0 Å². The third kappa shape index (κ3) is 5.27. The number of carbonyl (C=O) groups is 2. The monoisotopic (exact) mass is 378 g/mol. The molecule has 1 fully saturated rings. The van der Waals surface area contributed by atoms with Crippen LogP contribution in [0.3, 0.4) is 0 Å². The largest absolute Gasteiger partial charge is 0.335 e. The molecule has 4 N–H and O–H groups in total. The molecule has 1 saturated carbocycles. The summed E-state index contributed by atoms with van der Waals surface area (Å²) in [6, 6.07) is 11.3. The molecule has 0 unspecified atom stereocenters. The van der Waals surface area contributed by atoms with E-state index in [4.69, 9.17) is 23.2 Å². The van der Waals surface area contributed by atoms with E-state index in [-0.39, 0.29) is 12.1 Å². The maximum atomic E-state index is 12.1. The number of anilines is 3.